The summed E-state index contributed by atoms with van der Waals surface area (Å²) in [7, 11) is 1.68. The van der Waals surface area contributed by atoms with Gasteiger partial charge in [0.05, 0.1) is 0 Å². The van der Waals surface area contributed by atoms with Crippen LogP contribution in [0.15, 0.2) is 24.3 Å². The summed E-state index contributed by atoms with van der Waals surface area (Å²) >= 11 is 5.77. The molecule has 0 bridgehead atoms. The van der Waals surface area contributed by atoms with Crippen molar-refractivity contribution in [3.63, 3.8) is 0 Å². The number of hydrogen-bond donors (Lipinski definition) is 2. The lowest BCUT2D eigenvalue weighted by molar-refractivity contribution is -0.122. The van der Waals surface area contributed by atoms with Gasteiger partial charge in [-0.05, 0) is 30.5 Å². The molecule has 0 aliphatic rings. The van der Waals surface area contributed by atoms with Gasteiger partial charge in [0.25, 0.3) is 0 Å². The number of rotatable bonds is 5. The molecule has 1 aromatic rings. The third kappa shape index (κ3) is 4.81. The molecule has 15 heavy (non-hydrogen) atoms. The number of hydrogen-bond acceptors (Lipinski definition) is 2. The zero-order valence-electron chi connectivity index (χ0n) is 8.72. The van der Waals surface area contributed by atoms with E-state index in [4.69, 9.17) is 11.6 Å². The van der Waals surface area contributed by atoms with Crippen molar-refractivity contribution in [2.24, 2.45) is 0 Å². The third-order valence-corrected chi connectivity index (χ3v) is 2.30. The van der Waals surface area contributed by atoms with Crippen LogP contribution in [0.1, 0.15) is 18.4 Å². The van der Waals surface area contributed by atoms with E-state index in [9.17, 15) is 4.79 Å². The van der Waals surface area contributed by atoms with E-state index in [0.717, 1.165) is 17.9 Å². The van der Waals surface area contributed by atoms with Gasteiger partial charge in [-0.3, -0.25) is 10.2 Å². The molecule has 0 unspecified atom stereocenters. The Labute approximate surface area is 94.8 Å². The molecular formula is C11H15ClN2O. The first-order valence-corrected chi connectivity index (χ1v) is 5.30. The van der Waals surface area contributed by atoms with Crippen molar-refractivity contribution in [3.05, 3.63) is 34.9 Å². The highest BCUT2D eigenvalue weighted by Crippen LogP contribution is 2.11. The van der Waals surface area contributed by atoms with Crippen molar-refractivity contribution in [2.75, 3.05) is 7.05 Å². The Morgan fingerprint density at radius 1 is 1.33 bits per heavy atom. The van der Waals surface area contributed by atoms with Gasteiger partial charge in [-0.1, -0.05) is 23.7 Å². The molecule has 0 aliphatic carbocycles. The van der Waals surface area contributed by atoms with E-state index in [1.54, 1.807) is 7.05 Å². The molecule has 0 heterocycles. The molecule has 2 N–H and O–H groups in total. The molecule has 0 fully saturated rings. The molecule has 0 atom stereocenters. The molecule has 1 aromatic carbocycles. The quantitative estimate of drug-likeness (QED) is 0.754. The van der Waals surface area contributed by atoms with E-state index in [2.05, 4.69) is 10.9 Å². The van der Waals surface area contributed by atoms with Crippen LogP contribution < -0.4 is 10.9 Å². The molecule has 1 rings (SSSR count). The van der Waals surface area contributed by atoms with Crippen molar-refractivity contribution < 1.29 is 4.79 Å². The van der Waals surface area contributed by atoms with Gasteiger partial charge in [0.2, 0.25) is 5.91 Å². The van der Waals surface area contributed by atoms with Gasteiger partial charge < -0.3 is 0 Å². The Bertz CT molecular complexity index is 311. The number of benzene rings is 1. The highest BCUT2D eigenvalue weighted by Gasteiger charge is 1.99. The maximum atomic E-state index is 11.1. The first-order chi connectivity index (χ1) is 7.22. The van der Waals surface area contributed by atoms with Gasteiger partial charge in [-0.25, -0.2) is 5.43 Å². The van der Waals surface area contributed by atoms with Crippen molar-refractivity contribution in [3.8, 4) is 0 Å². The van der Waals surface area contributed by atoms with Gasteiger partial charge in [0, 0.05) is 18.5 Å². The maximum Gasteiger partial charge on any atom is 0.234 e. The summed E-state index contributed by atoms with van der Waals surface area (Å²) in [6.45, 7) is 0. The molecule has 82 valence electrons. The number of halogens is 1. The van der Waals surface area contributed by atoms with E-state index >= 15 is 0 Å². The van der Waals surface area contributed by atoms with Crippen LogP contribution in [-0.2, 0) is 11.2 Å². The van der Waals surface area contributed by atoms with Crippen LogP contribution in [0.4, 0.5) is 0 Å². The molecule has 0 saturated carbocycles. The summed E-state index contributed by atoms with van der Waals surface area (Å²) in [5.41, 5.74) is 6.34. The molecule has 0 spiro atoms. The molecule has 0 aromatic heterocycles. The van der Waals surface area contributed by atoms with E-state index < -0.39 is 0 Å². The predicted molar refractivity (Wildman–Crippen MR) is 61.6 cm³/mol. The molecule has 3 nitrogen and oxygen atoms in total. The molecule has 0 aliphatic heterocycles. The van der Waals surface area contributed by atoms with E-state index in [1.165, 1.54) is 5.56 Å². The van der Waals surface area contributed by atoms with Crippen LogP contribution in [0.25, 0.3) is 0 Å². The number of carbonyl (C=O) groups excluding carboxylic acids is 1. The number of hydrazine groups is 1. The Hall–Kier alpha value is -1.06. The summed E-state index contributed by atoms with van der Waals surface area (Å²) < 4.78 is 0. The summed E-state index contributed by atoms with van der Waals surface area (Å²) in [5.74, 6) is 0.0199. The number of amides is 1. The summed E-state index contributed by atoms with van der Waals surface area (Å²) in [4.78, 5) is 11.1. The first-order valence-electron chi connectivity index (χ1n) is 4.92. The van der Waals surface area contributed by atoms with Gasteiger partial charge in [-0.15, -0.1) is 0 Å². The predicted octanol–water partition coefficient (Wildman–Crippen LogP) is 1.91. The van der Waals surface area contributed by atoms with Crippen molar-refractivity contribution >= 4 is 17.5 Å². The second-order valence-corrected chi connectivity index (χ2v) is 3.71. The smallest absolute Gasteiger partial charge is 0.234 e. The van der Waals surface area contributed by atoms with E-state index in [1.807, 2.05) is 24.3 Å². The van der Waals surface area contributed by atoms with Crippen molar-refractivity contribution in [2.45, 2.75) is 19.3 Å². The van der Waals surface area contributed by atoms with Crippen LogP contribution in [-0.4, -0.2) is 13.0 Å². The van der Waals surface area contributed by atoms with Gasteiger partial charge >= 0.3 is 0 Å². The van der Waals surface area contributed by atoms with Crippen LogP contribution in [0.3, 0.4) is 0 Å². The SMILES string of the molecule is CNNC(=O)CCCc1ccc(Cl)cc1. The number of nitrogens with one attached hydrogen (secondary N) is 2. The minimum absolute atomic E-state index is 0.0199. The summed E-state index contributed by atoms with van der Waals surface area (Å²) in [5, 5.41) is 0.742. The van der Waals surface area contributed by atoms with E-state index in [-0.39, 0.29) is 5.91 Å². The zero-order chi connectivity index (χ0) is 11.1. The van der Waals surface area contributed by atoms with Crippen LogP contribution in [0, 0.1) is 0 Å². The van der Waals surface area contributed by atoms with Gasteiger partial charge in [0.1, 0.15) is 0 Å². The number of carbonyl (C=O) groups is 1. The Morgan fingerprint density at radius 2 is 2.00 bits per heavy atom. The Morgan fingerprint density at radius 3 is 2.60 bits per heavy atom. The highest BCUT2D eigenvalue weighted by molar-refractivity contribution is 6.30. The molecule has 1 amide bonds. The van der Waals surface area contributed by atoms with Crippen molar-refractivity contribution in [1.29, 1.82) is 0 Å². The number of aryl methyl sites for hydroxylation is 1. The van der Waals surface area contributed by atoms with Gasteiger partial charge in [-0.2, -0.15) is 0 Å². The zero-order valence-corrected chi connectivity index (χ0v) is 9.47. The largest absolute Gasteiger partial charge is 0.292 e. The van der Waals surface area contributed by atoms with Crippen LogP contribution >= 0.6 is 11.6 Å². The maximum absolute atomic E-state index is 11.1. The first kappa shape index (κ1) is 12.0. The monoisotopic (exact) mass is 226 g/mol. The van der Waals surface area contributed by atoms with E-state index in [0.29, 0.717) is 6.42 Å². The standard InChI is InChI=1S/C11H15ClN2O/c1-13-14-11(15)4-2-3-9-5-7-10(12)8-6-9/h5-8,13H,2-4H2,1H3,(H,14,15). The second-order valence-electron chi connectivity index (χ2n) is 3.28. The fourth-order valence-electron chi connectivity index (χ4n) is 1.31. The Kier molecular flexibility index (Phi) is 5.15. The van der Waals surface area contributed by atoms with Gasteiger partial charge in [0.15, 0.2) is 0 Å². The fraction of sp³-hybridized carbons (Fsp3) is 0.364. The topological polar surface area (TPSA) is 41.1 Å². The summed E-state index contributed by atoms with van der Waals surface area (Å²) in [6.07, 6.45) is 2.27. The molecule has 0 radical (unpaired) electrons. The average molecular weight is 227 g/mol. The van der Waals surface area contributed by atoms with Crippen LogP contribution in [0.2, 0.25) is 5.02 Å². The highest BCUT2D eigenvalue weighted by atomic mass is 35.5. The minimum atomic E-state index is 0.0199. The lowest BCUT2D eigenvalue weighted by Crippen LogP contribution is -2.33. The Balaban J connectivity index is 2.26. The average Bonchev–Trinajstić information content (AvgIpc) is 2.21. The second kappa shape index (κ2) is 6.43. The minimum Gasteiger partial charge on any atom is -0.292 e. The van der Waals surface area contributed by atoms with Crippen LogP contribution in [0.5, 0.6) is 0 Å². The lowest BCUT2D eigenvalue weighted by atomic mass is 10.1. The van der Waals surface area contributed by atoms with Crippen molar-refractivity contribution in [1.82, 2.24) is 10.9 Å². The molecular weight excluding hydrogens is 212 g/mol. The summed E-state index contributed by atoms with van der Waals surface area (Å²) in [6, 6.07) is 7.70. The molecule has 4 heteroatoms. The third-order valence-electron chi connectivity index (χ3n) is 2.05. The normalized spacial score (nSPS) is 10.0. The molecule has 0 saturated heterocycles. The fourth-order valence-corrected chi connectivity index (χ4v) is 1.43. The lowest BCUT2D eigenvalue weighted by Gasteiger charge is -2.03.